The maximum atomic E-state index is 17.6. The number of fused-ring (bicyclic) bond motifs is 6. The fourth-order valence-electron chi connectivity index (χ4n) is 9.00. The van der Waals surface area contributed by atoms with E-state index >= 15 is 4.39 Å². The van der Waals surface area contributed by atoms with Gasteiger partial charge in [0.25, 0.3) is 0 Å². The van der Waals surface area contributed by atoms with E-state index in [1.165, 1.54) is 0 Å². The number of aromatic hydroxyl groups is 1. The number of terminal acetylenes is 1. The monoisotopic (exact) mass is 661 g/mol. The number of morpholine rings is 1. The number of ether oxygens (including phenoxy) is 2. The van der Waals surface area contributed by atoms with Crippen molar-refractivity contribution in [2.24, 2.45) is 5.41 Å². The van der Waals surface area contributed by atoms with E-state index in [-0.39, 0.29) is 28.6 Å². The minimum atomic E-state index is -0.446. The van der Waals surface area contributed by atoms with Crippen molar-refractivity contribution in [3.05, 3.63) is 52.8 Å². The van der Waals surface area contributed by atoms with E-state index in [0.717, 1.165) is 92.6 Å². The van der Waals surface area contributed by atoms with Gasteiger partial charge in [0, 0.05) is 71.6 Å². The van der Waals surface area contributed by atoms with E-state index in [1.54, 1.807) is 12.1 Å². The Morgan fingerprint density at radius 2 is 1.94 bits per heavy atom. The highest BCUT2D eigenvalue weighted by Gasteiger charge is 2.49. The normalized spacial score (nSPS) is 25.5. The molecule has 49 heavy (non-hydrogen) atoms. The predicted octanol–water partition coefficient (Wildman–Crippen LogP) is 6.28. The third-order valence-electron chi connectivity index (χ3n) is 11.8. The molecule has 1 aliphatic carbocycles. The maximum Gasteiger partial charge on any atom is 0.319 e. The van der Waals surface area contributed by atoms with Crippen molar-refractivity contribution in [2.45, 2.75) is 83.0 Å². The van der Waals surface area contributed by atoms with Gasteiger partial charge in [0.05, 0.1) is 19.3 Å². The Bertz CT molecular complexity index is 2030. The minimum absolute atomic E-state index is 0.0330. The summed E-state index contributed by atoms with van der Waals surface area (Å²) in [5.41, 5.74) is 3.70. The van der Waals surface area contributed by atoms with Gasteiger partial charge in [0.1, 0.15) is 17.1 Å². The topological polar surface area (TPSA) is 83.0 Å². The van der Waals surface area contributed by atoms with E-state index in [4.69, 9.17) is 25.9 Å². The van der Waals surface area contributed by atoms with E-state index < -0.39 is 5.82 Å². The van der Waals surface area contributed by atoms with Gasteiger partial charge in [-0.1, -0.05) is 31.9 Å². The van der Waals surface area contributed by atoms with Gasteiger partial charge in [-0.15, -0.1) is 6.42 Å². The molecule has 5 fully saturated rings. The van der Waals surface area contributed by atoms with Crippen molar-refractivity contribution in [3.8, 4) is 35.2 Å². The molecule has 0 radical (unpaired) electrons. The molecule has 254 valence electrons. The summed E-state index contributed by atoms with van der Waals surface area (Å²) in [4.78, 5) is 14.8. The van der Waals surface area contributed by atoms with Crippen LogP contribution in [0.15, 0.2) is 30.3 Å². The number of hydrogen-bond acceptors (Lipinski definition) is 8. The smallest absolute Gasteiger partial charge is 0.319 e. The Morgan fingerprint density at radius 3 is 2.61 bits per heavy atom. The number of phenols is 1. The second-order valence-corrected chi connectivity index (χ2v) is 15.6. The Labute approximate surface area is 287 Å². The number of anilines is 1. The highest BCUT2D eigenvalue weighted by atomic mass is 19.1. The van der Waals surface area contributed by atoms with Gasteiger partial charge in [0.15, 0.2) is 5.82 Å². The lowest BCUT2D eigenvalue weighted by Gasteiger charge is -2.34. The SMILES string of the molecule is C#Cc1c(C)ccc2cc(O)cc(-c3c(C(C)C)cc4c(N5CC6CCC(C5)N6)nc(OCC5(CN6C[C@H]7C[C@@H]6CO7)CC5)nc4c3F)c12. The molecule has 4 saturated heterocycles. The molecule has 4 bridgehead atoms. The lowest BCUT2D eigenvalue weighted by molar-refractivity contribution is 0.0176. The number of hydrogen-bond donors (Lipinski definition) is 2. The van der Waals surface area contributed by atoms with Crippen molar-refractivity contribution in [1.82, 2.24) is 20.2 Å². The fraction of sp³-hybridized carbons (Fsp3) is 0.500. The third-order valence-corrected chi connectivity index (χ3v) is 11.8. The second-order valence-electron chi connectivity index (χ2n) is 15.6. The number of piperazine rings is 1. The Kier molecular flexibility index (Phi) is 7.31. The molecule has 5 heterocycles. The van der Waals surface area contributed by atoms with Gasteiger partial charge in [0.2, 0.25) is 0 Å². The first kappa shape index (κ1) is 31.0. The number of aryl methyl sites for hydroxylation is 1. The van der Waals surface area contributed by atoms with Gasteiger partial charge < -0.3 is 24.8 Å². The number of likely N-dealkylation sites (tertiary alicyclic amines) is 1. The van der Waals surface area contributed by atoms with Crippen LogP contribution in [0, 0.1) is 30.5 Å². The Morgan fingerprint density at radius 1 is 1.14 bits per heavy atom. The molecule has 4 aliphatic heterocycles. The minimum Gasteiger partial charge on any atom is -0.508 e. The fourth-order valence-corrected chi connectivity index (χ4v) is 9.00. The molecule has 4 atom stereocenters. The van der Waals surface area contributed by atoms with Crippen molar-refractivity contribution < 1.29 is 19.0 Å². The number of halogens is 1. The van der Waals surface area contributed by atoms with Crippen LogP contribution in [-0.2, 0) is 4.74 Å². The highest BCUT2D eigenvalue weighted by molar-refractivity contribution is 6.05. The number of rotatable bonds is 8. The molecule has 5 aliphatic rings. The molecular formula is C40H44FN5O3. The maximum absolute atomic E-state index is 17.6. The summed E-state index contributed by atoms with van der Waals surface area (Å²) in [7, 11) is 0. The van der Waals surface area contributed by atoms with Crippen molar-refractivity contribution >= 4 is 27.5 Å². The molecular weight excluding hydrogens is 617 g/mol. The summed E-state index contributed by atoms with van der Waals surface area (Å²) in [6.07, 6.45) is 12.0. The number of nitrogens with one attached hydrogen (secondary N) is 1. The van der Waals surface area contributed by atoms with Crippen LogP contribution in [0.5, 0.6) is 11.8 Å². The first-order valence-corrected chi connectivity index (χ1v) is 18.0. The molecule has 0 spiro atoms. The van der Waals surface area contributed by atoms with E-state index in [2.05, 4.69) is 41.0 Å². The van der Waals surface area contributed by atoms with Gasteiger partial charge >= 0.3 is 6.01 Å². The quantitative estimate of drug-likeness (QED) is 0.214. The van der Waals surface area contributed by atoms with Crippen LogP contribution < -0.4 is 15.0 Å². The summed E-state index contributed by atoms with van der Waals surface area (Å²) in [6, 6.07) is 10.7. The average molecular weight is 662 g/mol. The van der Waals surface area contributed by atoms with Crippen LogP contribution in [0.2, 0.25) is 0 Å². The lowest BCUT2D eigenvalue weighted by Crippen LogP contribution is -2.51. The van der Waals surface area contributed by atoms with Crippen molar-refractivity contribution in [2.75, 3.05) is 44.3 Å². The second kappa shape index (κ2) is 11.5. The Hall–Kier alpha value is -3.97. The van der Waals surface area contributed by atoms with Crippen LogP contribution in [-0.4, -0.2) is 83.6 Å². The summed E-state index contributed by atoms with van der Waals surface area (Å²) < 4.78 is 29.9. The molecule has 9 rings (SSSR count). The molecule has 1 saturated carbocycles. The molecule has 2 unspecified atom stereocenters. The number of benzene rings is 3. The summed E-state index contributed by atoms with van der Waals surface area (Å²) in [6.45, 7) is 11.0. The molecule has 2 N–H and O–H groups in total. The van der Waals surface area contributed by atoms with E-state index in [9.17, 15) is 5.11 Å². The third kappa shape index (κ3) is 5.31. The van der Waals surface area contributed by atoms with Gasteiger partial charge in [-0.25, -0.2) is 4.39 Å². The van der Waals surface area contributed by atoms with Gasteiger partial charge in [-0.05, 0) is 85.2 Å². The first-order chi connectivity index (χ1) is 23.7. The van der Waals surface area contributed by atoms with Gasteiger partial charge in [-0.2, -0.15) is 9.97 Å². The van der Waals surface area contributed by atoms with E-state index in [0.29, 0.717) is 52.9 Å². The molecule has 9 heteroatoms. The zero-order valence-corrected chi connectivity index (χ0v) is 28.6. The number of aromatic nitrogens is 2. The van der Waals surface area contributed by atoms with Crippen LogP contribution >= 0.6 is 0 Å². The predicted molar refractivity (Wildman–Crippen MR) is 190 cm³/mol. The summed E-state index contributed by atoms with van der Waals surface area (Å²) in [5, 5.41) is 16.8. The number of phenolic OH excluding ortho intramolecular Hbond substituents is 1. The lowest BCUT2D eigenvalue weighted by atomic mass is 9.86. The van der Waals surface area contributed by atoms with Crippen LogP contribution in [0.1, 0.15) is 68.6 Å². The summed E-state index contributed by atoms with van der Waals surface area (Å²) in [5.74, 6) is 3.15. The number of nitrogens with zero attached hydrogens (tertiary/aromatic N) is 4. The van der Waals surface area contributed by atoms with Crippen molar-refractivity contribution in [1.29, 1.82) is 0 Å². The van der Waals surface area contributed by atoms with Crippen LogP contribution in [0.3, 0.4) is 0 Å². The van der Waals surface area contributed by atoms with Crippen LogP contribution in [0.4, 0.5) is 10.2 Å². The zero-order chi connectivity index (χ0) is 33.6. The molecule has 1 aromatic heterocycles. The molecule has 4 aromatic rings. The average Bonchev–Trinajstić information content (AvgIpc) is 3.34. The highest BCUT2D eigenvalue weighted by Crippen LogP contribution is 2.49. The first-order valence-electron chi connectivity index (χ1n) is 18.0. The standard InChI is InChI=1S/C40H44FN5O3/c1-5-30-23(4)6-7-24-12-28(47)14-32(34(24)30)35-31(22(2)3)15-33-37(36(35)41)43-39(44-38(33)45-16-25-8-9-26(17-45)42-25)49-21-40(10-11-40)20-46-18-29-13-27(46)19-48-29/h1,6-7,12,14-15,22,25-27,29,42,47H,8-11,13,16-21H2,2-4H3/t25?,26?,27-,29-/m1/s1. The molecule has 0 amide bonds. The van der Waals surface area contributed by atoms with Gasteiger partial charge in [-0.3, -0.25) is 4.90 Å². The Balaban J connectivity index is 1.18. The largest absolute Gasteiger partial charge is 0.508 e. The molecule has 3 aromatic carbocycles. The molecule has 8 nitrogen and oxygen atoms in total. The summed E-state index contributed by atoms with van der Waals surface area (Å²) >= 11 is 0. The zero-order valence-electron chi connectivity index (χ0n) is 28.6. The van der Waals surface area contributed by atoms with Crippen LogP contribution in [0.25, 0.3) is 32.8 Å². The van der Waals surface area contributed by atoms with E-state index in [1.807, 2.05) is 19.1 Å². The van der Waals surface area contributed by atoms with Crippen molar-refractivity contribution in [3.63, 3.8) is 0 Å².